The van der Waals surface area contributed by atoms with E-state index in [9.17, 15) is 18.5 Å². The van der Waals surface area contributed by atoms with Crippen LogP contribution in [-0.4, -0.2) is 24.2 Å². The molecule has 2 aromatic carbocycles. The lowest BCUT2D eigenvalue weighted by Gasteiger charge is -2.28. The van der Waals surface area contributed by atoms with Crippen LogP contribution in [0.4, 0.5) is 5.69 Å². The zero-order valence-electron chi connectivity index (χ0n) is 12.4. The SMILES string of the molecule is O=[N+]([O-])c1cccc(CS(=O)(=O)N2CCc3ccccc3C2)c1. The van der Waals surface area contributed by atoms with Crippen molar-refractivity contribution in [3.05, 3.63) is 75.3 Å². The van der Waals surface area contributed by atoms with Crippen LogP contribution in [-0.2, 0) is 28.7 Å². The zero-order chi connectivity index (χ0) is 16.4. The molecule has 0 saturated carbocycles. The largest absolute Gasteiger partial charge is 0.269 e. The molecular weight excluding hydrogens is 316 g/mol. The topological polar surface area (TPSA) is 80.5 Å². The first-order chi connectivity index (χ1) is 11.0. The highest BCUT2D eigenvalue weighted by atomic mass is 32.2. The minimum Gasteiger partial charge on any atom is -0.258 e. The van der Waals surface area contributed by atoms with Crippen LogP contribution in [0.5, 0.6) is 0 Å². The second kappa shape index (κ2) is 6.10. The molecule has 3 rings (SSSR count). The van der Waals surface area contributed by atoms with Gasteiger partial charge in [-0.15, -0.1) is 0 Å². The molecule has 0 spiro atoms. The predicted molar refractivity (Wildman–Crippen MR) is 86.3 cm³/mol. The van der Waals surface area contributed by atoms with Crippen molar-refractivity contribution < 1.29 is 13.3 Å². The van der Waals surface area contributed by atoms with Gasteiger partial charge in [-0.1, -0.05) is 36.4 Å². The van der Waals surface area contributed by atoms with Crippen molar-refractivity contribution >= 4 is 15.7 Å². The lowest BCUT2D eigenvalue weighted by molar-refractivity contribution is -0.384. The Hall–Kier alpha value is -2.25. The molecule has 1 aliphatic rings. The molecule has 23 heavy (non-hydrogen) atoms. The highest BCUT2D eigenvalue weighted by Crippen LogP contribution is 2.23. The Labute approximate surface area is 134 Å². The molecule has 0 bridgehead atoms. The Bertz CT molecular complexity index is 849. The van der Waals surface area contributed by atoms with E-state index < -0.39 is 14.9 Å². The van der Waals surface area contributed by atoms with Gasteiger partial charge >= 0.3 is 0 Å². The van der Waals surface area contributed by atoms with Gasteiger partial charge in [-0.05, 0) is 23.1 Å². The second-order valence-electron chi connectivity index (χ2n) is 5.54. The summed E-state index contributed by atoms with van der Waals surface area (Å²) in [7, 11) is -3.51. The minimum absolute atomic E-state index is 0.0957. The molecule has 1 heterocycles. The number of benzene rings is 2. The van der Waals surface area contributed by atoms with Crippen molar-refractivity contribution in [1.29, 1.82) is 0 Å². The third-order valence-electron chi connectivity index (χ3n) is 3.96. The number of sulfonamides is 1. The van der Waals surface area contributed by atoms with Gasteiger partial charge in [0.15, 0.2) is 0 Å². The monoisotopic (exact) mass is 332 g/mol. The third-order valence-corrected chi connectivity index (χ3v) is 5.76. The average Bonchev–Trinajstić information content (AvgIpc) is 2.54. The Morgan fingerprint density at radius 1 is 1.09 bits per heavy atom. The molecule has 0 amide bonds. The summed E-state index contributed by atoms with van der Waals surface area (Å²) in [5, 5.41) is 10.8. The van der Waals surface area contributed by atoms with E-state index in [0.717, 1.165) is 5.56 Å². The van der Waals surface area contributed by atoms with Crippen LogP contribution in [0.2, 0.25) is 0 Å². The summed E-state index contributed by atoms with van der Waals surface area (Å²) in [5.41, 5.74) is 2.52. The van der Waals surface area contributed by atoms with E-state index in [0.29, 0.717) is 25.1 Å². The van der Waals surface area contributed by atoms with E-state index in [-0.39, 0.29) is 11.4 Å². The van der Waals surface area contributed by atoms with Crippen molar-refractivity contribution in [3.8, 4) is 0 Å². The van der Waals surface area contributed by atoms with Crippen LogP contribution < -0.4 is 0 Å². The van der Waals surface area contributed by atoms with E-state index in [4.69, 9.17) is 0 Å². The molecule has 0 unspecified atom stereocenters. The van der Waals surface area contributed by atoms with Crippen LogP contribution in [0, 0.1) is 10.1 Å². The lowest BCUT2D eigenvalue weighted by Crippen LogP contribution is -2.36. The standard InChI is InChI=1S/C16H16N2O4S/c19-18(20)16-7-3-4-13(10-16)12-23(21,22)17-9-8-14-5-1-2-6-15(14)11-17/h1-7,10H,8-9,11-12H2. The summed E-state index contributed by atoms with van der Waals surface area (Å²) < 4.78 is 26.7. The quantitative estimate of drug-likeness (QED) is 0.636. The lowest BCUT2D eigenvalue weighted by atomic mass is 10.0. The van der Waals surface area contributed by atoms with Gasteiger partial charge in [-0.3, -0.25) is 10.1 Å². The van der Waals surface area contributed by atoms with Gasteiger partial charge in [-0.2, -0.15) is 4.31 Å². The fraction of sp³-hybridized carbons (Fsp3) is 0.250. The van der Waals surface area contributed by atoms with Crippen LogP contribution in [0.25, 0.3) is 0 Å². The fourth-order valence-electron chi connectivity index (χ4n) is 2.77. The van der Waals surface area contributed by atoms with E-state index >= 15 is 0 Å². The van der Waals surface area contributed by atoms with Crippen LogP contribution in [0.15, 0.2) is 48.5 Å². The molecule has 6 nitrogen and oxygen atoms in total. The molecule has 0 fully saturated rings. The van der Waals surface area contributed by atoms with Gasteiger partial charge in [-0.25, -0.2) is 8.42 Å². The van der Waals surface area contributed by atoms with Crippen LogP contribution in [0.3, 0.4) is 0 Å². The van der Waals surface area contributed by atoms with E-state index in [1.165, 1.54) is 28.1 Å². The minimum atomic E-state index is -3.51. The molecule has 0 saturated heterocycles. The summed E-state index contributed by atoms with van der Waals surface area (Å²) in [6.07, 6.45) is 0.685. The van der Waals surface area contributed by atoms with Crippen molar-refractivity contribution in [2.24, 2.45) is 0 Å². The number of nitro benzene ring substituents is 1. The average molecular weight is 332 g/mol. The summed E-state index contributed by atoms with van der Waals surface area (Å²) in [5.74, 6) is -0.225. The van der Waals surface area contributed by atoms with Gasteiger partial charge in [0, 0.05) is 25.2 Å². The van der Waals surface area contributed by atoms with Crippen LogP contribution >= 0.6 is 0 Å². The molecule has 0 atom stereocenters. The predicted octanol–water partition coefficient (Wildman–Crippen LogP) is 2.48. The first kappa shape index (κ1) is 15.6. The molecule has 0 aliphatic carbocycles. The maximum Gasteiger partial charge on any atom is 0.269 e. The Morgan fingerprint density at radius 3 is 2.57 bits per heavy atom. The zero-order valence-corrected chi connectivity index (χ0v) is 13.2. The van der Waals surface area contributed by atoms with E-state index in [1.54, 1.807) is 6.07 Å². The van der Waals surface area contributed by atoms with Crippen LogP contribution in [0.1, 0.15) is 16.7 Å². The Balaban J connectivity index is 1.80. The maximum absolute atomic E-state index is 12.6. The summed E-state index contributed by atoms with van der Waals surface area (Å²) in [4.78, 5) is 10.3. The van der Waals surface area contributed by atoms with E-state index in [2.05, 4.69) is 0 Å². The number of rotatable bonds is 4. The summed E-state index contributed by atoms with van der Waals surface area (Å²) in [6.45, 7) is 0.793. The third kappa shape index (κ3) is 3.40. The molecule has 120 valence electrons. The number of nitrogens with zero attached hydrogens (tertiary/aromatic N) is 2. The molecule has 2 aromatic rings. The van der Waals surface area contributed by atoms with Gasteiger partial charge in [0.2, 0.25) is 10.0 Å². The molecule has 0 N–H and O–H groups in total. The number of hydrogen-bond donors (Lipinski definition) is 0. The summed E-state index contributed by atoms with van der Waals surface area (Å²) in [6, 6.07) is 13.6. The number of fused-ring (bicyclic) bond motifs is 1. The Morgan fingerprint density at radius 2 is 1.83 bits per heavy atom. The van der Waals surface area contributed by atoms with E-state index in [1.807, 2.05) is 24.3 Å². The molecule has 7 heteroatoms. The highest BCUT2D eigenvalue weighted by Gasteiger charge is 2.27. The number of non-ortho nitro benzene ring substituents is 1. The highest BCUT2D eigenvalue weighted by molar-refractivity contribution is 7.88. The van der Waals surface area contributed by atoms with Gasteiger partial charge in [0.1, 0.15) is 0 Å². The Kier molecular flexibility index (Phi) is 4.14. The normalized spacial score (nSPS) is 15.1. The molecule has 0 radical (unpaired) electrons. The summed E-state index contributed by atoms with van der Waals surface area (Å²) >= 11 is 0. The first-order valence-corrected chi connectivity index (χ1v) is 8.84. The molecule has 1 aliphatic heterocycles. The molecule has 0 aromatic heterocycles. The first-order valence-electron chi connectivity index (χ1n) is 7.24. The van der Waals surface area contributed by atoms with Gasteiger partial charge in [0.25, 0.3) is 5.69 Å². The maximum atomic E-state index is 12.6. The fourth-order valence-corrected chi connectivity index (χ4v) is 4.26. The van der Waals surface area contributed by atoms with Crippen molar-refractivity contribution in [2.75, 3.05) is 6.54 Å². The van der Waals surface area contributed by atoms with Gasteiger partial charge < -0.3 is 0 Å². The van der Waals surface area contributed by atoms with Crippen molar-refractivity contribution in [3.63, 3.8) is 0 Å². The van der Waals surface area contributed by atoms with Gasteiger partial charge in [0.05, 0.1) is 10.7 Å². The number of nitro groups is 1. The second-order valence-corrected chi connectivity index (χ2v) is 7.50. The molecular formula is C16H16N2O4S. The van der Waals surface area contributed by atoms with Crippen molar-refractivity contribution in [1.82, 2.24) is 4.31 Å². The van der Waals surface area contributed by atoms with Crippen molar-refractivity contribution in [2.45, 2.75) is 18.7 Å². The number of hydrogen-bond acceptors (Lipinski definition) is 4. The smallest absolute Gasteiger partial charge is 0.258 e.